The summed E-state index contributed by atoms with van der Waals surface area (Å²) in [4.78, 5) is 23.5. The third-order valence-corrected chi connectivity index (χ3v) is 4.00. The molecule has 0 bridgehead atoms. The van der Waals surface area contributed by atoms with Crippen LogP contribution in [0.25, 0.3) is 10.9 Å². The van der Waals surface area contributed by atoms with E-state index in [1.165, 1.54) is 6.33 Å². The highest BCUT2D eigenvalue weighted by atomic mass is 16.6. The highest BCUT2D eigenvalue weighted by Crippen LogP contribution is 2.36. The van der Waals surface area contributed by atoms with Gasteiger partial charge in [-0.05, 0) is 32.4 Å². The lowest BCUT2D eigenvalue weighted by Gasteiger charge is -2.13. The number of para-hydroxylation sites is 1. The number of nitro groups is 1. The minimum atomic E-state index is -0.538. The zero-order chi connectivity index (χ0) is 18.7. The lowest BCUT2D eigenvalue weighted by atomic mass is 10.2. The minimum absolute atomic E-state index is 0.0262. The van der Waals surface area contributed by atoms with Crippen molar-refractivity contribution in [2.75, 3.05) is 5.32 Å². The van der Waals surface area contributed by atoms with Crippen molar-refractivity contribution in [1.29, 1.82) is 0 Å². The Bertz CT molecular complexity index is 961. The summed E-state index contributed by atoms with van der Waals surface area (Å²) in [6.07, 6.45) is 2.04. The zero-order valence-electron chi connectivity index (χ0n) is 14.8. The van der Waals surface area contributed by atoms with E-state index in [0.717, 1.165) is 17.5 Å². The maximum atomic E-state index is 11.6. The van der Waals surface area contributed by atoms with Crippen LogP contribution in [0.1, 0.15) is 26.0 Å². The Balaban J connectivity index is 2.07. The van der Waals surface area contributed by atoms with Gasteiger partial charge in [-0.1, -0.05) is 25.1 Å². The summed E-state index contributed by atoms with van der Waals surface area (Å²) in [5.41, 5.74) is 1.15. The van der Waals surface area contributed by atoms with Crippen LogP contribution < -0.4 is 10.1 Å². The van der Waals surface area contributed by atoms with Crippen LogP contribution in [0, 0.1) is 17.0 Å². The topological polar surface area (TPSA) is 103 Å². The highest BCUT2D eigenvalue weighted by molar-refractivity contribution is 5.85. The van der Waals surface area contributed by atoms with Crippen LogP contribution in [0.3, 0.4) is 0 Å². The van der Waals surface area contributed by atoms with Crippen molar-refractivity contribution in [2.24, 2.45) is 0 Å². The molecule has 1 atom stereocenters. The molecule has 0 aliphatic rings. The lowest BCUT2D eigenvalue weighted by Crippen LogP contribution is -2.16. The SMILES string of the molecule is CCC(C)Nc1ncnc(Oc2cccc3ccc(C)nc23)c1[N+](=O)[O-]. The number of nitrogens with zero attached hydrogens (tertiary/aromatic N) is 4. The fourth-order valence-electron chi connectivity index (χ4n) is 2.45. The molecule has 0 aliphatic carbocycles. The van der Waals surface area contributed by atoms with E-state index in [-0.39, 0.29) is 23.4 Å². The first kappa shape index (κ1) is 17.5. The average Bonchev–Trinajstić information content (AvgIpc) is 2.62. The van der Waals surface area contributed by atoms with Gasteiger partial charge in [-0.25, -0.2) is 9.97 Å². The number of ether oxygens (including phenoxy) is 1. The van der Waals surface area contributed by atoms with Gasteiger partial charge in [-0.3, -0.25) is 10.1 Å². The van der Waals surface area contributed by atoms with E-state index in [9.17, 15) is 10.1 Å². The predicted molar refractivity (Wildman–Crippen MR) is 98.6 cm³/mol. The number of aryl methyl sites for hydroxylation is 1. The molecule has 0 fully saturated rings. The van der Waals surface area contributed by atoms with Crippen molar-refractivity contribution in [3.05, 3.63) is 52.5 Å². The molecule has 8 heteroatoms. The maximum Gasteiger partial charge on any atom is 0.373 e. The Kier molecular flexibility index (Phi) is 4.92. The van der Waals surface area contributed by atoms with Crippen LogP contribution in [-0.4, -0.2) is 25.9 Å². The van der Waals surface area contributed by atoms with Crippen molar-refractivity contribution in [3.8, 4) is 11.6 Å². The van der Waals surface area contributed by atoms with E-state index in [4.69, 9.17) is 4.74 Å². The summed E-state index contributed by atoms with van der Waals surface area (Å²) >= 11 is 0. The van der Waals surface area contributed by atoms with Crippen molar-refractivity contribution < 1.29 is 9.66 Å². The van der Waals surface area contributed by atoms with Crippen molar-refractivity contribution >= 4 is 22.4 Å². The van der Waals surface area contributed by atoms with Crippen LogP contribution in [-0.2, 0) is 0 Å². The highest BCUT2D eigenvalue weighted by Gasteiger charge is 2.26. The number of hydrogen-bond donors (Lipinski definition) is 1. The van der Waals surface area contributed by atoms with Crippen LogP contribution in [0.4, 0.5) is 11.5 Å². The molecule has 2 aromatic heterocycles. The third kappa shape index (κ3) is 3.53. The summed E-state index contributed by atoms with van der Waals surface area (Å²) < 4.78 is 5.80. The molecule has 0 spiro atoms. The average molecular weight is 353 g/mol. The van der Waals surface area contributed by atoms with Gasteiger partial charge in [0.05, 0.1) is 4.92 Å². The van der Waals surface area contributed by atoms with E-state index < -0.39 is 4.92 Å². The van der Waals surface area contributed by atoms with E-state index in [0.29, 0.717) is 11.3 Å². The summed E-state index contributed by atoms with van der Waals surface area (Å²) in [5, 5.41) is 15.5. The molecule has 0 aliphatic heterocycles. The molecule has 2 heterocycles. The van der Waals surface area contributed by atoms with Crippen LogP contribution in [0.2, 0.25) is 0 Å². The molecule has 8 nitrogen and oxygen atoms in total. The molecule has 1 N–H and O–H groups in total. The van der Waals surface area contributed by atoms with Gasteiger partial charge in [0, 0.05) is 17.1 Å². The Morgan fingerprint density at radius 2 is 2.08 bits per heavy atom. The van der Waals surface area contributed by atoms with Gasteiger partial charge in [0.25, 0.3) is 0 Å². The molecule has 0 amide bonds. The second-order valence-corrected chi connectivity index (χ2v) is 5.97. The number of rotatable bonds is 6. The minimum Gasteiger partial charge on any atom is -0.431 e. The second kappa shape index (κ2) is 7.30. The fourth-order valence-corrected chi connectivity index (χ4v) is 2.45. The molecule has 0 radical (unpaired) electrons. The number of pyridine rings is 1. The first-order valence-corrected chi connectivity index (χ1v) is 8.29. The number of benzene rings is 1. The molecule has 1 aromatic carbocycles. The quantitative estimate of drug-likeness (QED) is 0.522. The van der Waals surface area contributed by atoms with E-state index >= 15 is 0 Å². The van der Waals surface area contributed by atoms with Gasteiger partial charge in [-0.15, -0.1) is 0 Å². The molecule has 0 saturated carbocycles. The summed E-state index contributed by atoms with van der Waals surface area (Å²) in [5.74, 6) is 0.424. The Morgan fingerprint density at radius 1 is 1.27 bits per heavy atom. The standard InChI is InChI=1S/C18H19N5O3/c1-4-11(2)22-17-16(23(24)25)18(20-10-19-17)26-14-7-5-6-13-9-8-12(3)21-15(13)14/h5-11H,4H2,1-3H3,(H,19,20,22). The first-order chi connectivity index (χ1) is 12.5. The van der Waals surface area contributed by atoms with Crippen LogP contribution in [0.15, 0.2) is 36.7 Å². The van der Waals surface area contributed by atoms with Gasteiger partial charge in [-0.2, -0.15) is 4.98 Å². The lowest BCUT2D eigenvalue weighted by molar-refractivity contribution is -0.385. The van der Waals surface area contributed by atoms with Crippen LogP contribution >= 0.6 is 0 Å². The molecule has 26 heavy (non-hydrogen) atoms. The maximum absolute atomic E-state index is 11.6. The second-order valence-electron chi connectivity index (χ2n) is 5.97. The Hall–Kier alpha value is -3.29. The number of anilines is 1. The molecule has 1 unspecified atom stereocenters. The summed E-state index contributed by atoms with van der Waals surface area (Å²) in [6, 6.07) is 9.27. The molecule has 3 rings (SSSR count). The number of hydrogen-bond acceptors (Lipinski definition) is 7. The van der Waals surface area contributed by atoms with E-state index in [2.05, 4.69) is 20.3 Å². The van der Waals surface area contributed by atoms with E-state index in [1.54, 1.807) is 12.1 Å². The van der Waals surface area contributed by atoms with Gasteiger partial charge in [0.1, 0.15) is 11.8 Å². The Labute approximate surface area is 150 Å². The summed E-state index contributed by atoms with van der Waals surface area (Å²) in [7, 11) is 0. The van der Waals surface area contributed by atoms with Crippen molar-refractivity contribution in [3.63, 3.8) is 0 Å². The van der Waals surface area contributed by atoms with Crippen molar-refractivity contribution in [1.82, 2.24) is 15.0 Å². The number of nitrogens with one attached hydrogen (secondary N) is 1. The molecular formula is C18H19N5O3. The molecular weight excluding hydrogens is 334 g/mol. The first-order valence-electron chi connectivity index (χ1n) is 8.29. The monoisotopic (exact) mass is 353 g/mol. The van der Waals surface area contributed by atoms with Gasteiger partial charge >= 0.3 is 11.6 Å². The largest absolute Gasteiger partial charge is 0.431 e. The Morgan fingerprint density at radius 3 is 2.81 bits per heavy atom. The normalized spacial score (nSPS) is 12.0. The van der Waals surface area contributed by atoms with Gasteiger partial charge in [0.15, 0.2) is 5.75 Å². The molecule has 134 valence electrons. The van der Waals surface area contributed by atoms with Gasteiger partial charge < -0.3 is 10.1 Å². The van der Waals surface area contributed by atoms with Gasteiger partial charge in [0.2, 0.25) is 5.82 Å². The fraction of sp³-hybridized carbons (Fsp3) is 0.278. The predicted octanol–water partition coefficient (Wildman–Crippen LogP) is 4.24. The number of aromatic nitrogens is 3. The zero-order valence-corrected chi connectivity index (χ0v) is 14.8. The molecule has 0 saturated heterocycles. The van der Waals surface area contributed by atoms with Crippen LogP contribution in [0.5, 0.6) is 11.6 Å². The van der Waals surface area contributed by atoms with Crippen molar-refractivity contribution in [2.45, 2.75) is 33.2 Å². The van der Waals surface area contributed by atoms with E-state index in [1.807, 2.05) is 39.0 Å². The number of fused-ring (bicyclic) bond motifs is 1. The third-order valence-electron chi connectivity index (χ3n) is 4.00. The summed E-state index contributed by atoms with van der Waals surface area (Å²) in [6.45, 7) is 5.77. The smallest absolute Gasteiger partial charge is 0.373 e. The molecule has 3 aromatic rings.